The van der Waals surface area contributed by atoms with E-state index in [1.807, 2.05) is 19.9 Å². The van der Waals surface area contributed by atoms with Gasteiger partial charge >= 0.3 is 5.97 Å². The number of ether oxygens (including phenoxy) is 1. The van der Waals surface area contributed by atoms with Gasteiger partial charge in [-0.1, -0.05) is 13.0 Å². The second kappa shape index (κ2) is 5.77. The van der Waals surface area contributed by atoms with E-state index in [0.29, 0.717) is 5.70 Å². The molecule has 3 nitrogen and oxygen atoms in total. The Morgan fingerprint density at radius 2 is 2.18 bits per heavy atom. The Hall–Kier alpha value is -0.990. The maximum Gasteiger partial charge on any atom is 0.353 e. The predicted octanol–water partition coefficient (Wildman–Crippen LogP) is 1.06. The molecule has 0 aliphatic heterocycles. The Bertz CT molecular complexity index is 152. The second-order valence-corrected chi connectivity index (χ2v) is 2.05. The van der Waals surface area contributed by atoms with Crippen LogP contribution in [0, 0.1) is 0 Å². The molecule has 0 aromatic carbocycles. The van der Waals surface area contributed by atoms with Crippen molar-refractivity contribution in [3.63, 3.8) is 0 Å². The van der Waals surface area contributed by atoms with E-state index in [-0.39, 0.29) is 5.97 Å². The van der Waals surface area contributed by atoms with Gasteiger partial charge in [-0.05, 0) is 13.3 Å². The van der Waals surface area contributed by atoms with Crippen molar-refractivity contribution in [1.82, 2.24) is 5.32 Å². The molecule has 0 saturated carbocycles. The number of carbonyl (C=O) groups excluding carboxylic acids is 1. The quantitative estimate of drug-likeness (QED) is 0.490. The first-order valence-corrected chi connectivity index (χ1v) is 3.78. The predicted molar refractivity (Wildman–Crippen MR) is 44.1 cm³/mol. The van der Waals surface area contributed by atoms with E-state index in [1.165, 1.54) is 7.11 Å². The van der Waals surface area contributed by atoms with Crippen molar-refractivity contribution in [3.05, 3.63) is 11.8 Å². The third-order valence-electron chi connectivity index (χ3n) is 1.18. The fraction of sp³-hybridized carbons (Fsp3) is 0.625. The number of hydrogen-bond donors (Lipinski definition) is 1. The molecule has 0 fully saturated rings. The molecular formula is C8H15NO2. The Kier molecular flexibility index (Phi) is 5.25. The van der Waals surface area contributed by atoms with Gasteiger partial charge in [0.25, 0.3) is 0 Å². The van der Waals surface area contributed by atoms with Gasteiger partial charge in [0, 0.05) is 6.54 Å². The van der Waals surface area contributed by atoms with Crippen molar-refractivity contribution in [3.8, 4) is 0 Å². The number of esters is 1. The summed E-state index contributed by atoms with van der Waals surface area (Å²) in [6.07, 6.45) is 2.65. The molecule has 1 N–H and O–H groups in total. The molecular weight excluding hydrogens is 142 g/mol. The Morgan fingerprint density at radius 3 is 2.55 bits per heavy atom. The van der Waals surface area contributed by atoms with E-state index < -0.39 is 0 Å². The summed E-state index contributed by atoms with van der Waals surface area (Å²) in [6.45, 7) is 4.65. The number of methoxy groups -OCH3 is 1. The summed E-state index contributed by atoms with van der Waals surface area (Å²) in [5, 5.41) is 2.92. The standard InChI is InChI=1S/C8H15NO2/c1-4-6-7(9-5-2)8(10)11-3/h6,9H,4-5H2,1-3H3/b7-6-. The Balaban J connectivity index is 4.09. The van der Waals surface area contributed by atoms with Gasteiger partial charge in [-0.15, -0.1) is 0 Å². The molecule has 0 radical (unpaired) electrons. The molecule has 0 amide bonds. The van der Waals surface area contributed by atoms with Crippen LogP contribution in [0.15, 0.2) is 11.8 Å². The normalized spacial score (nSPS) is 11.0. The van der Waals surface area contributed by atoms with Crippen LogP contribution in [0.25, 0.3) is 0 Å². The van der Waals surface area contributed by atoms with Gasteiger partial charge in [-0.25, -0.2) is 4.79 Å². The van der Waals surface area contributed by atoms with Gasteiger partial charge in [0.2, 0.25) is 0 Å². The molecule has 3 heteroatoms. The van der Waals surface area contributed by atoms with Crippen molar-refractivity contribution in [2.24, 2.45) is 0 Å². The van der Waals surface area contributed by atoms with Gasteiger partial charge in [0.1, 0.15) is 5.70 Å². The van der Waals surface area contributed by atoms with Crippen molar-refractivity contribution < 1.29 is 9.53 Å². The maximum atomic E-state index is 10.9. The number of rotatable bonds is 4. The fourth-order valence-corrected chi connectivity index (χ4v) is 0.732. The van der Waals surface area contributed by atoms with E-state index in [1.54, 1.807) is 0 Å². The number of likely N-dealkylation sites (N-methyl/N-ethyl adjacent to an activating group) is 1. The highest BCUT2D eigenvalue weighted by Crippen LogP contribution is 1.94. The summed E-state index contributed by atoms with van der Waals surface area (Å²) in [6, 6.07) is 0. The van der Waals surface area contributed by atoms with Crippen LogP contribution in [0.4, 0.5) is 0 Å². The first-order valence-electron chi connectivity index (χ1n) is 3.78. The lowest BCUT2D eigenvalue weighted by Crippen LogP contribution is -2.21. The third-order valence-corrected chi connectivity index (χ3v) is 1.18. The van der Waals surface area contributed by atoms with E-state index in [4.69, 9.17) is 0 Å². The highest BCUT2D eigenvalue weighted by Gasteiger charge is 2.05. The lowest BCUT2D eigenvalue weighted by atomic mass is 10.3. The monoisotopic (exact) mass is 157 g/mol. The molecule has 0 aliphatic rings. The smallest absolute Gasteiger partial charge is 0.353 e. The highest BCUT2D eigenvalue weighted by molar-refractivity contribution is 5.87. The first-order chi connectivity index (χ1) is 5.26. The summed E-state index contributed by atoms with van der Waals surface area (Å²) < 4.78 is 4.55. The molecule has 0 saturated heterocycles. The second-order valence-electron chi connectivity index (χ2n) is 2.05. The van der Waals surface area contributed by atoms with E-state index in [0.717, 1.165) is 13.0 Å². The minimum Gasteiger partial charge on any atom is -0.464 e. The zero-order valence-electron chi connectivity index (χ0n) is 7.31. The molecule has 0 heterocycles. The minimum absolute atomic E-state index is 0.297. The number of carbonyl (C=O) groups is 1. The summed E-state index contributed by atoms with van der Waals surface area (Å²) >= 11 is 0. The average molecular weight is 157 g/mol. The van der Waals surface area contributed by atoms with Gasteiger partial charge in [0.15, 0.2) is 0 Å². The number of hydrogen-bond acceptors (Lipinski definition) is 3. The van der Waals surface area contributed by atoms with Crippen LogP contribution in [0.5, 0.6) is 0 Å². The highest BCUT2D eigenvalue weighted by atomic mass is 16.5. The summed E-state index contributed by atoms with van der Waals surface area (Å²) in [5.41, 5.74) is 0.553. The number of allylic oxidation sites excluding steroid dienone is 1. The van der Waals surface area contributed by atoms with Crippen LogP contribution < -0.4 is 5.32 Å². The lowest BCUT2D eigenvalue weighted by Gasteiger charge is -2.05. The topological polar surface area (TPSA) is 38.3 Å². The van der Waals surface area contributed by atoms with Gasteiger partial charge in [0.05, 0.1) is 7.11 Å². The van der Waals surface area contributed by atoms with E-state index in [2.05, 4.69) is 10.1 Å². The molecule has 64 valence electrons. The van der Waals surface area contributed by atoms with Crippen LogP contribution >= 0.6 is 0 Å². The molecule has 11 heavy (non-hydrogen) atoms. The van der Waals surface area contributed by atoms with Gasteiger partial charge < -0.3 is 10.1 Å². The molecule has 0 aliphatic carbocycles. The van der Waals surface area contributed by atoms with Crippen molar-refractivity contribution in [2.75, 3.05) is 13.7 Å². The fourth-order valence-electron chi connectivity index (χ4n) is 0.732. The zero-order chi connectivity index (χ0) is 8.69. The molecule has 0 aromatic heterocycles. The molecule has 0 atom stereocenters. The summed E-state index contributed by atoms with van der Waals surface area (Å²) in [5.74, 6) is -0.297. The van der Waals surface area contributed by atoms with E-state index in [9.17, 15) is 4.79 Å². The van der Waals surface area contributed by atoms with Crippen LogP contribution in [0.2, 0.25) is 0 Å². The molecule has 0 rings (SSSR count). The largest absolute Gasteiger partial charge is 0.464 e. The van der Waals surface area contributed by atoms with Crippen molar-refractivity contribution in [2.45, 2.75) is 20.3 Å². The molecule has 0 unspecified atom stereocenters. The molecule has 0 spiro atoms. The van der Waals surface area contributed by atoms with Crippen LogP contribution in [0.1, 0.15) is 20.3 Å². The molecule has 0 aromatic rings. The number of nitrogens with one attached hydrogen (secondary N) is 1. The first kappa shape index (κ1) is 10.0. The van der Waals surface area contributed by atoms with Gasteiger partial charge in [-0.3, -0.25) is 0 Å². The molecule has 0 bridgehead atoms. The average Bonchev–Trinajstić information content (AvgIpc) is 2.03. The zero-order valence-corrected chi connectivity index (χ0v) is 7.31. The van der Waals surface area contributed by atoms with Crippen LogP contribution in [0.3, 0.4) is 0 Å². The minimum atomic E-state index is -0.297. The van der Waals surface area contributed by atoms with Crippen molar-refractivity contribution in [1.29, 1.82) is 0 Å². The summed E-state index contributed by atoms with van der Waals surface area (Å²) in [4.78, 5) is 10.9. The van der Waals surface area contributed by atoms with E-state index >= 15 is 0 Å². The summed E-state index contributed by atoms with van der Waals surface area (Å²) in [7, 11) is 1.38. The lowest BCUT2D eigenvalue weighted by molar-refractivity contribution is -0.136. The maximum absolute atomic E-state index is 10.9. The van der Waals surface area contributed by atoms with Crippen molar-refractivity contribution >= 4 is 5.97 Å². The van der Waals surface area contributed by atoms with Crippen LogP contribution in [-0.4, -0.2) is 19.6 Å². The third kappa shape index (κ3) is 3.65. The SMILES string of the molecule is CC/C=C(\NCC)C(=O)OC. The Labute approximate surface area is 67.4 Å². The van der Waals surface area contributed by atoms with Gasteiger partial charge in [-0.2, -0.15) is 0 Å². The Morgan fingerprint density at radius 1 is 1.55 bits per heavy atom. The van der Waals surface area contributed by atoms with Crippen LogP contribution in [-0.2, 0) is 9.53 Å².